The number of benzene rings is 1. The van der Waals surface area contributed by atoms with Crippen LogP contribution in [-0.4, -0.2) is 62.3 Å². The van der Waals surface area contributed by atoms with Crippen LogP contribution in [0.3, 0.4) is 0 Å². The minimum absolute atomic E-state index is 0.209. The third-order valence-electron chi connectivity index (χ3n) is 4.59. The molecule has 1 amide bonds. The van der Waals surface area contributed by atoms with Gasteiger partial charge in [0.15, 0.2) is 6.61 Å². The van der Waals surface area contributed by atoms with Crippen molar-refractivity contribution < 1.29 is 22.7 Å². The van der Waals surface area contributed by atoms with Crippen LogP contribution in [0.25, 0.3) is 0 Å². The third-order valence-corrected chi connectivity index (χ3v) is 7.50. The maximum absolute atomic E-state index is 12.9. The normalized spacial score (nSPS) is 15.4. The van der Waals surface area contributed by atoms with Gasteiger partial charge in [0.25, 0.3) is 5.91 Å². The molecule has 28 heavy (non-hydrogen) atoms. The second kappa shape index (κ2) is 8.42. The first-order chi connectivity index (χ1) is 13.3. The Labute approximate surface area is 168 Å². The lowest BCUT2D eigenvalue weighted by Crippen LogP contribution is -2.51. The summed E-state index contributed by atoms with van der Waals surface area (Å²) < 4.78 is 32.2. The molecule has 0 unspecified atom stereocenters. The highest BCUT2D eigenvalue weighted by Gasteiger charge is 2.31. The first-order valence-electron chi connectivity index (χ1n) is 8.85. The third kappa shape index (κ3) is 4.43. The number of amides is 1. The molecule has 0 aliphatic carbocycles. The lowest BCUT2D eigenvalue weighted by atomic mass is 10.2. The van der Waals surface area contributed by atoms with Gasteiger partial charge in [-0.1, -0.05) is 23.8 Å². The molecule has 1 aliphatic heterocycles. The first-order valence-corrected chi connectivity index (χ1v) is 11.2. The van der Waals surface area contributed by atoms with E-state index in [0.29, 0.717) is 15.3 Å². The van der Waals surface area contributed by atoms with E-state index in [2.05, 4.69) is 0 Å². The highest BCUT2D eigenvalue weighted by atomic mass is 32.2. The molecule has 0 spiro atoms. The van der Waals surface area contributed by atoms with Crippen LogP contribution in [0, 0.1) is 13.8 Å². The summed E-state index contributed by atoms with van der Waals surface area (Å²) in [6, 6.07) is 8.62. The predicted molar refractivity (Wildman–Crippen MR) is 106 cm³/mol. The van der Waals surface area contributed by atoms with E-state index in [9.17, 15) is 18.0 Å². The van der Waals surface area contributed by atoms with Gasteiger partial charge in [-0.05, 0) is 36.9 Å². The van der Waals surface area contributed by atoms with Crippen LogP contribution in [0.4, 0.5) is 0 Å². The van der Waals surface area contributed by atoms with Gasteiger partial charge in [-0.3, -0.25) is 4.79 Å². The van der Waals surface area contributed by atoms with Gasteiger partial charge in [-0.15, -0.1) is 11.3 Å². The molecule has 0 N–H and O–H groups in total. The Bertz CT molecular complexity index is 962. The van der Waals surface area contributed by atoms with Crippen LogP contribution in [0.5, 0.6) is 0 Å². The molecule has 1 aromatic heterocycles. The summed E-state index contributed by atoms with van der Waals surface area (Å²) in [5.74, 6) is -0.854. The van der Waals surface area contributed by atoms with Crippen molar-refractivity contribution in [3.05, 3.63) is 51.7 Å². The van der Waals surface area contributed by atoms with E-state index in [4.69, 9.17) is 4.74 Å². The Morgan fingerprint density at radius 2 is 1.82 bits per heavy atom. The number of carbonyl (C=O) groups is 2. The Balaban J connectivity index is 1.56. The molecule has 0 atom stereocenters. The number of thiophene rings is 1. The number of ether oxygens (including phenoxy) is 1. The number of hydrogen-bond acceptors (Lipinski definition) is 6. The summed E-state index contributed by atoms with van der Waals surface area (Å²) in [5, 5.41) is 1.76. The number of piperazine rings is 1. The van der Waals surface area contributed by atoms with Gasteiger partial charge in [0, 0.05) is 26.2 Å². The molecule has 0 radical (unpaired) electrons. The minimum atomic E-state index is -3.60. The average Bonchev–Trinajstić information content (AvgIpc) is 3.20. The lowest BCUT2D eigenvalue weighted by Gasteiger charge is -2.34. The number of aryl methyl sites for hydroxylation is 2. The van der Waals surface area contributed by atoms with Crippen LogP contribution >= 0.6 is 11.3 Å². The largest absolute Gasteiger partial charge is 0.451 e. The van der Waals surface area contributed by atoms with Gasteiger partial charge in [0.2, 0.25) is 10.0 Å². The molecule has 2 aromatic rings. The zero-order valence-corrected chi connectivity index (χ0v) is 17.4. The summed E-state index contributed by atoms with van der Waals surface area (Å²) in [4.78, 5) is 26.4. The van der Waals surface area contributed by atoms with Crippen LogP contribution in [-0.2, 0) is 19.6 Å². The summed E-state index contributed by atoms with van der Waals surface area (Å²) in [6.45, 7) is 4.29. The van der Waals surface area contributed by atoms with Crippen molar-refractivity contribution in [3.8, 4) is 0 Å². The van der Waals surface area contributed by atoms with Crippen molar-refractivity contribution in [2.75, 3.05) is 32.8 Å². The van der Waals surface area contributed by atoms with Crippen LogP contribution in [0.15, 0.2) is 40.6 Å². The summed E-state index contributed by atoms with van der Waals surface area (Å²) >= 11 is 1.25. The molecular formula is C19H22N2O5S2. The second-order valence-corrected chi connectivity index (χ2v) is 9.46. The Morgan fingerprint density at radius 3 is 2.43 bits per heavy atom. The van der Waals surface area contributed by atoms with Crippen molar-refractivity contribution in [2.24, 2.45) is 0 Å². The van der Waals surface area contributed by atoms with Gasteiger partial charge in [-0.25, -0.2) is 13.2 Å². The SMILES string of the molecule is Cc1ccc(S(=O)(=O)N2CCN(C(=O)COC(=O)c3cccs3)CC2)c(C)c1. The van der Waals surface area contributed by atoms with Crippen LogP contribution in [0.2, 0.25) is 0 Å². The van der Waals surface area contributed by atoms with Gasteiger partial charge in [0.1, 0.15) is 4.88 Å². The fourth-order valence-corrected chi connectivity index (χ4v) is 5.33. The van der Waals surface area contributed by atoms with Crippen molar-refractivity contribution in [2.45, 2.75) is 18.7 Å². The van der Waals surface area contributed by atoms with E-state index in [1.54, 1.807) is 36.6 Å². The Kier molecular flexibility index (Phi) is 6.17. The molecule has 0 saturated carbocycles. The van der Waals surface area contributed by atoms with Crippen molar-refractivity contribution in [1.82, 2.24) is 9.21 Å². The smallest absolute Gasteiger partial charge is 0.348 e. The van der Waals surface area contributed by atoms with Gasteiger partial charge < -0.3 is 9.64 Å². The summed E-state index contributed by atoms with van der Waals surface area (Å²) in [7, 11) is -3.60. The molecule has 1 aromatic carbocycles. The maximum Gasteiger partial charge on any atom is 0.348 e. The fraction of sp³-hybridized carbons (Fsp3) is 0.368. The van der Waals surface area contributed by atoms with E-state index in [1.165, 1.54) is 20.5 Å². The van der Waals surface area contributed by atoms with Gasteiger partial charge in [-0.2, -0.15) is 4.31 Å². The zero-order valence-electron chi connectivity index (χ0n) is 15.8. The highest BCUT2D eigenvalue weighted by molar-refractivity contribution is 7.89. The number of sulfonamides is 1. The number of nitrogens with zero attached hydrogens (tertiary/aromatic N) is 2. The standard InChI is InChI=1S/C19H22N2O5S2/c1-14-5-6-17(15(2)12-14)28(24,25)21-9-7-20(8-10-21)18(22)13-26-19(23)16-4-3-11-27-16/h3-6,11-12H,7-10,13H2,1-2H3. The topological polar surface area (TPSA) is 84.0 Å². The monoisotopic (exact) mass is 422 g/mol. The van der Waals surface area contributed by atoms with Crippen LogP contribution in [0.1, 0.15) is 20.8 Å². The summed E-state index contributed by atoms with van der Waals surface area (Å²) in [6.07, 6.45) is 0. The van der Waals surface area contributed by atoms with Crippen LogP contribution < -0.4 is 0 Å². The number of rotatable bonds is 5. The maximum atomic E-state index is 12.9. The number of carbonyl (C=O) groups excluding carboxylic acids is 2. The highest BCUT2D eigenvalue weighted by Crippen LogP contribution is 2.22. The zero-order chi connectivity index (χ0) is 20.3. The molecule has 1 fully saturated rings. The number of esters is 1. The molecule has 0 bridgehead atoms. The molecule has 150 valence electrons. The number of hydrogen-bond donors (Lipinski definition) is 0. The second-order valence-electron chi connectivity index (χ2n) is 6.61. The molecule has 9 heteroatoms. The van der Waals surface area contributed by atoms with Gasteiger partial charge >= 0.3 is 5.97 Å². The Hall–Kier alpha value is -2.23. The van der Waals surface area contributed by atoms with E-state index in [0.717, 1.165) is 5.56 Å². The molecule has 2 heterocycles. The average molecular weight is 423 g/mol. The molecule has 3 rings (SSSR count). The van der Waals surface area contributed by atoms with Crippen molar-refractivity contribution in [3.63, 3.8) is 0 Å². The molecule has 1 aliphatic rings. The van der Waals surface area contributed by atoms with Gasteiger partial charge in [0.05, 0.1) is 4.90 Å². The molecule has 7 nitrogen and oxygen atoms in total. The molecular weight excluding hydrogens is 400 g/mol. The van der Waals surface area contributed by atoms with Crippen molar-refractivity contribution >= 4 is 33.2 Å². The predicted octanol–water partition coefficient (Wildman–Crippen LogP) is 2.05. The Morgan fingerprint density at radius 1 is 1.11 bits per heavy atom. The van der Waals surface area contributed by atoms with Crippen molar-refractivity contribution in [1.29, 1.82) is 0 Å². The molecule has 1 saturated heterocycles. The summed E-state index contributed by atoms with van der Waals surface area (Å²) in [5.41, 5.74) is 1.71. The van der Waals surface area contributed by atoms with E-state index < -0.39 is 16.0 Å². The quantitative estimate of drug-likeness (QED) is 0.689. The van der Waals surface area contributed by atoms with E-state index in [1.807, 2.05) is 13.0 Å². The lowest BCUT2D eigenvalue weighted by molar-refractivity contribution is -0.135. The first kappa shape index (κ1) is 20.5. The minimum Gasteiger partial charge on any atom is -0.451 e. The fourth-order valence-electron chi connectivity index (χ4n) is 3.09. The van der Waals surface area contributed by atoms with E-state index in [-0.39, 0.29) is 38.7 Å². The van der Waals surface area contributed by atoms with E-state index >= 15 is 0 Å².